The van der Waals surface area contributed by atoms with Gasteiger partial charge in [0, 0.05) is 13.2 Å². The number of unbranched alkanes of at least 4 members (excludes halogenated alkanes) is 8. The van der Waals surface area contributed by atoms with Crippen molar-refractivity contribution < 1.29 is 10.2 Å². The Labute approximate surface area is 132 Å². The highest BCUT2D eigenvalue weighted by Crippen LogP contribution is 2.37. The van der Waals surface area contributed by atoms with Crippen molar-refractivity contribution in [3.63, 3.8) is 0 Å². The van der Waals surface area contributed by atoms with E-state index in [0.717, 1.165) is 24.7 Å². The molecule has 2 atom stereocenters. The second-order valence-electron chi connectivity index (χ2n) is 7.11. The molecule has 1 aliphatic rings. The maximum atomic E-state index is 8.74. The topological polar surface area (TPSA) is 40.5 Å². The summed E-state index contributed by atoms with van der Waals surface area (Å²) >= 11 is 0. The summed E-state index contributed by atoms with van der Waals surface area (Å²) in [7, 11) is 0. The van der Waals surface area contributed by atoms with E-state index in [-0.39, 0.29) is 0 Å². The summed E-state index contributed by atoms with van der Waals surface area (Å²) in [6.45, 7) is 0.731. The molecule has 0 saturated heterocycles. The van der Waals surface area contributed by atoms with Crippen LogP contribution >= 0.6 is 0 Å². The van der Waals surface area contributed by atoms with Crippen molar-refractivity contribution >= 4 is 0 Å². The third kappa shape index (κ3) is 10.3. The third-order valence-corrected chi connectivity index (χ3v) is 5.19. The van der Waals surface area contributed by atoms with E-state index in [4.69, 9.17) is 10.2 Å². The number of aliphatic hydroxyl groups excluding tert-OH is 2. The van der Waals surface area contributed by atoms with Crippen molar-refractivity contribution in [2.24, 2.45) is 11.8 Å². The minimum absolute atomic E-state index is 0.365. The van der Waals surface area contributed by atoms with Gasteiger partial charge in [-0.15, -0.1) is 0 Å². The summed E-state index contributed by atoms with van der Waals surface area (Å²) in [5.74, 6) is 2.03. The van der Waals surface area contributed by atoms with Crippen LogP contribution in [0.25, 0.3) is 0 Å². The van der Waals surface area contributed by atoms with Crippen molar-refractivity contribution in [2.75, 3.05) is 13.2 Å². The Bertz CT molecular complexity index is 196. The molecule has 2 nitrogen and oxygen atoms in total. The molecule has 0 aromatic rings. The van der Waals surface area contributed by atoms with E-state index in [1.807, 2.05) is 0 Å². The number of hydrogen-bond donors (Lipinski definition) is 2. The summed E-state index contributed by atoms with van der Waals surface area (Å²) < 4.78 is 0. The zero-order valence-corrected chi connectivity index (χ0v) is 14.1. The van der Waals surface area contributed by atoms with Crippen LogP contribution in [0.15, 0.2) is 0 Å². The van der Waals surface area contributed by atoms with E-state index < -0.39 is 0 Å². The van der Waals surface area contributed by atoms with Gasteiger partial charge < -0.3 is 10.2 Å². The van der Waals surface area contributed by atoms with Crippen molar-refractivity contribution in [3.8, 4) is 0 Å². The molecular weight excluding hydrogens is 260 g/mol. The maximum absolute atomic E-state index is 8.74. The highest BCUT2D eigenvalue weighted by molar-refractivity contribution is 4.75. The molecular formula is C19H38O2. The van der Waals surface area contributed by atoms with E-state index in [1.165, 1.54) is 83.5 Å². The first-order valence-corrected chi connectivity index (χ1v) is 9.58. The first-order valence-electron chi connectivity index (χ1n) is 9.58. The Hall–Kier alpha value is -0.0800. The predicted molar refractivity (Wildman–Crippen MR) is 90.4 cm³/mol. The Morgan fingerprint density at radius 2 is 0.905 bits per heavy atom. The average molecular weight is 299 g/mol. The summed E-state index contributed by atoms with van der Waals surface area (Å²) in [4.78, 5) is 0. The predicted octanol–water partition coefficient (Wildman–Crippen LogP) is 5.07. The van der Waals surface area contributed by atoms with Crippen LogP contribution in [0.5, 0.6) is 0 Å². The average Bonchev–Trinajstić information content (AvgIpc) is 2.94. The molecule has 0 aromatic carbocycles. The van der Waals surface area contributed by atoms with Gasteiger partial charge in [0.1, 0.15) is 0 Å². The van der Waals surface area contributed by atoms with Crippen LogP contribution in [-0.4, -0.2) is 23.4 Å². The molecule has 126 valence electrons. The van der Waals surface area contributed by atoms with Gasteiger partial charge in [0.2, 0.25) is 0 Å². The quantitative estimate of drug-likeness (QED) is 0.440. The Kier molecular flexibility index (Phi) is 12.3. The lowest BCUT2D eigenvalue weighted by Crippen LogP contribution is -1.97. The first kappa shape index (κ1) is 19.0. The first-order chi connectivity index (χ1) is 10.4. The summed E-state index contributed by atoms with van der Waals surface area (Å²) in [5.41, 5.74) is 0. The van der Waals surface area contributed by atoms with Crippen LogP contribution in [0.3, 0.4) is 0 Å². The molecule has 1 saturated carbocycles. The van der Waals surface area contributed by atoms with Gasteiger partial charge in [-0.25, -0.2) is 0 Å². The number of aliphatic hydroxyl groups is 2. The van der Waals surface area contributed by atoms with Gasteiger partial charge in [-0.2, -0.15) is 0 Å². The van der Waals surface area contributed by atoms with Crippen LogP contribution in [-0.2, 0) is 0 Å². The van der Waals surface area contributed by atoms with E-state index >= 15 is 0 Å². The van der Waals surface area contributed by atoms with Gasteiger partial charge in [0.15, 0.2) is 0 Å². The zero-order valence-electron chi connectivity index (χ0n) is 14.1. The van der Waals surface area contributed by atoms with Gasteiger partial charge in [0.05, 0.1) is 0 Å². The molecule has 0 bridgehead atoms. The van der Waals surface area contributed by atoms with Gasteiger partial charge in [-0.1, -0.05) is 77.0 Å². The van der Waals surface area contributed by atoms with Gasteiger partial charge in [-0.3, -0.25) is 0 Å². The molecule has 0 aromatic heterocycles. The fourth-order valence-electron chi connectivity index (χ4n) is 3.85. The summed E-state index contributed by atoms with van der Waals surface area (Å²) in [6, 6.07) is 0. The smallest absolute Gasteiger partial charge is 0.0431 e. The zero-order chi connectivity index (χ0) is 15.2. The molecule has 1 aliphatic carbocycles. The molecule has 1 rings (SSSR count). The largest absolute Gasteiger partial charge is 0.396 e. The van der Waals surface area contributed by atoms with Crippen LogP contribution in [0.2, 0.25) is 0 Å². The lowest BCUT2D eigenvalue weighted by atomic mass is 9.95. The SMILES string of the molecule is OCCCCCCC[C@@H]1CC[C@H](CCCCCCCO)C1. The Balaban J connectivity index is 1.88. The highest BCUT2D eigenvalue weighted by atomic mass is 16.3. The van der Waals surface area contributed by atoms with Crippen molar-refractivity contribution in [2.45, 2.75) is 96.3 Å². The minimum atomic E-state index is 0.365. The van der Waals surface area contributed by atoms with E-state index in [0.29, 0.717) is 13.2 Å². The summed E-state index contributed by atoms with van der Waals surface area (Å²) in [6.07, 6.45) is 19.9. The monoisotopic (exact) mass is 298 g/mol. The molecule has 2 N–H and O–H groups in total. The van der Waals surface area contributed by atoms with E-state index in [1.54, 1.807) is 0 Å². The third-order valence-electron chi connectivity index (χ3n) is 5.19. The van der Waals surface area contributed by atoms with Gasteiger partial charge in [-0.05, 0) is 31.1 Å². The fourth-order valence-corrected chi connectivity index (χ4v) is 3.85. The molecule has 2 heteroatoms. The molecule has 21 heavy (non-hydrogen) atoms. The minimum Gasteiger partial charge on any atom is -0.396 e. The molecule has 0 unspecified atom stereocenters. The van der Waals surface area contributed by atoms with Crippen LogP contribution in [0, 0.1) is 11.8 Å². The van der Waals surface area contributed by atoms with Crippen LogP contribution in [0.1, 0.15) is 96.3 Å². The second kappa shape index (κ2) is 13.6. The molecule has 1 fully saturated rings. The molecule has 0 radical (unpaired) electrons. The molecule has 0 aliphatic heterocycles. The standard InChI is InChI=1S/C19H38O2/c20-15-9-5-1-3-7-11-18-13-14-19(17-18)12-8-4-2-6-10-16-21/h18-21H,1-17H2/t18-,19+. The molecule has 0 amide bonds. The number of rotatable bonds is 14. The summed E-state index contributed by atoms with van der Waals surface area (Å²) in [5, 5.41) is 17.5. The van der Waals surface area contributed by atoms with Crippen molar-refractivity contribution in [1.82, 2.24) is 0 Å². The van der Waals surface area contributed by atoms with Crippen LogP contribution in [0.4, 0.5) is 0 Å². The normalized spacial score (nSPS) is 22.0. The molecule has 0 spiro atoms. The van der Waals surface area contributed by atoms with Gasteiger partial charge in [0.25, 0.3) is 0 Å². The number of hydrogen-bond acceptors (Lipinski definition) is 2. The molecule has 0 heterocycles. The highest BCUT2D eigenvalue weighted by Gasteiger charge is 2.23. The van der Waals surface area contributed by atoms with E-state index in [9.17, 15) is 0 Å². The lowest BCUT2D eigenvalue weighted by molar-refractivity contribution is 0.282. The van der Waals surface area contributed by atoms with E-state index in [2.05, 4.69) is 0 Å². The Morgan fingerprint density at radius 3 is 1.33 bits per heavy atom. The second-order valence-corrected chi connectivity index (χ2v) is 7.11. The lowest BCUT2D eigenvalue weighted by Gasteiger charge is -2.11. The fraction of sp³-hybridized carbons (Fsp3) is 1.00. The van der Waals surface area contributed by atoms with Crippen LogP contribution < -0.4 is 0 Å². The van der Waals surface area contributed by atoms with Crippen molar-refractivity contribution in [3.05, 3.63) is 0 Å². The van der Waals surface area contributed by atoms with Gasteiger partial charge >= 0.3 is 0 Å². The maximum Gasteiger partial charge on any atom is 0.0431 e. The Morgan fingerprint density at radius 1 is 0.524 bits per heavy atom. The van der Waals surface area contributed by atoms with Crippen molar-refractivity contribution in [1.29, 1.82) is 0 Å².